The molecule has 1 aliphatic rings. The van der Waals surface area contributed by atoms with E-state index in [1.54, 1.807) is 0 Å². The lowest BCUT2D eigenvalue weighted by Crippen LogP contribution is -2.07. The van der Waals surface area contributed by atoms with Crippen LogP contribution in [0, 0.1) is 5.82 Å². The lowest BCUT2D eigenvalue weighted by atomic mass is 10.2. The summed E-state index contributed by atoms with van der Waals surface area (Å²) in [4.78, 5) is 3.03. The Bertz CT molecular complexity index is 709. The summed E-state index contributed by atoms with van der Waals surface area (Å²) in [6.07, 6.45) is -4.10. The molecule has 0 spiro atoms. The van der Waals surface area contributed by atoms with Crippen LogP contribution in [0.5, 0.6) is 0 Å². The van der Waals surface area contributed by atoms with Gasteiger partial charge in [-0.15, -0.1) is 0 Å². The number of pyridine rings is 1. The zero-order valence-electron chi connectivity index (χ0n) is 11.5. The van der Waals surface area contributed by atoms with Crippen molar-refractivity contribution in [3.8, 4) is 0 Å². The second kappa shape index (κ2) is 6.84. The molecule has 1 aliphatic heterocycles. The number of anilines is 2. The van der Waals surface area contributed by atoms with Gasteiger partial charge in [0.05, 0.1) is 5.56 Å². The van der Waals surface area contributed by atoms with Gasteiger partial charge < -0.3 is 11.1 Å². The number of fused-ring (bicyclic) bond motifs is 1. The van der Waals surface area contributed by atoms with Crippen molar-refractivity contribution in [2.45, 2.75) is 11.4 Å². The summed E-state index contributed by atoms with van der Waals surface area (Å²) >= 11 is 10.2. The number of thiol groups is 1. The average molecular weight is 366 g/mol. The molecule has 0 fully saturated rings. The van der Waals surface area contributed by atoms with Crippen LogP contribution < -0.4 is 11.1 Å². The summed E-state index contributed by atoms with van der Waals surface area (Å²) in [6.45, 7) is 0.902. The molecular formula is C14H12ClF4N3S. The van der Waals surface area contributed by atoms with Gasteiger partial charge in [0.15, 0.2) is 11.6 Å². The number of nitrogens with one attached hydrogen (secondary N) is 1. The third-order valence-corrected chi connectivity index (χ3v) is 3.75. The minimum absolute atomic E-state index is 0.308. The molecule has 1 atom stereocenters. The molecule has 1 unspecified atom stereocenters. The summed E-state index contributed by atoms with van der Waals surface area (Å²) in [6, 6.07) is 6.17. The van der Waals surface area contributed by atoms with E-state index in [9.17, 15) is 17.6 Å². The van der Waals surface area contributed by atoms with Crippen molar-refractivity contribution >= 4 is 35.7 Å². The fourth-order valence-electron chi connectivity index (χ4n) is 1.89. The number of rotatable bonds is 0. The van der Waals surface area contributed by atoms with Crippen LogP contribution in [0.3, 0.4) is 0 Å². The van der Waals surface area contributed by atoms with Crippen molar-refractivity contribution in [3.63, 3.8) is 0 Å². The molecule has 2 aromatic rings. The molecule has 0 saturated carbocycles. The Hall–Kier alpha value is -1.67. The van der Waals surface area contributed by atoms with Gasteiger partial charge in [-0.05, 0) is 23.8 Å². The minimum Gasteiger partial charge on any atom is -0.383 e. The first-order valence-electron chi connectivity index (χ1n) is 6.38. The molecule has 124 valence electrons. The first-order valence-corrected chi connectivity index (χ1v) is 7.27. The number of halogens is 5. The van der Waals surface area contributed by atoms with Crippen molar-refractivity contribution in [2.24, 2.45) is 0 Å². The van der Waals surface area contributed by atoms with Crippen LogP contribution in [0.15, 0.2) is 30.5 Å². The second-order valence-corrected chi connectivity index (χ2v) is 5.78. The molecule has 0 amide bonds. The monoisotopic (exact) mass is 365 g/mol. The van der Waals surface area contributed by atoms with E-state index in [0.717, 1.165) is 17.3 Å². The minimum atomic E-state index is -4.58. The van der Waals surface area contributed by atoms with Gasteiger partial charge in [-0.3, -0.25) is 0 Å². The Morgan fingerprint density at radius 3 is 2.61 bits per heavy atom. The van der Waals surface area contributed by atoms with Crippen molar-refractivity contribution in [1.29, 1.82) is 0 Å². The topological polar surface area (TPSA) is 50.9 Å². The van der Waals surface area contributed by atoms with E-state index < -0.39 is 23.4 Å². The number of aromatic nitrogens is 1. The third kappa shape index (κ3) is 4.42. The highest BCUT2D eigenvalue weighted by atomic mass is 35.5. The zero-order chi connectivity index (χ0) is 17.2. The van der Waals surface area contributed by atoms with E-state index in [0.29, 0.717) is 17.5 Å². The van der Waals surface area contributed by atoms with E-state index in [-0.39, 0.29) is 0 Å². The highest BCUT2D eigenvalue weighted by Crippen LogP contribution is 2.35. The summed E-state index contributed by atoms with van der Waals surface area (Å²) in [7, 11) is 0. The van der Waals surface area contributed by atoms with E-state index in [4.69, 9.17) is 17.3 Å². The quantitative estimate of drug-likeness (QED) is 0.474. The standard InChI is InChI=1S/C8H8ClNS.C6H4F4N2/c9-5-1-2-6-7(3-5)10-4-8(6)11;7-4-1-3(6(8,9)10)2-12-5(4)11/h1-3,8,10-11H,4H2;1-2H,(H2,11,12). The Balaban J connectivity index is 0.000000167. The number of nitrogen functional groups attached to an aromatic ring is 1. The molecule has 3 rings (SSSR count). The molecular weight excluding hydrogens is 354 g/mol. The summed E-state index contributed by atoms with van der Waals surface area (Å²) in [5, 5.41) is 4.33. The van der Waals surface area contributed by atoms with E-state index in [2.05, 4.69) is 22.9 Å². The van der Waals surface area contributed by atoms with Gasteiger partial charge >= 0.3 is 6.18 Å². The van der Waals surface area contributed by atoms with Gasteiger partial charge in [0, 0.05) is 28.7 Å². The van der Waals surface area contributed by atoms with Crippen molar-refractivity contribution in [2.75, 3.05) is 17.6 Å². The highest BCUT2D eigenvalue weighted by Gasteiger charge is 2.31. The van der Waals surface area contributed by atoms with Crippen LogP contribution in [0.1, 0.15) is 16.4 Å². The number of hydrogen-bond acceptors (Lipinski definition) is 4. The molecule has 0 radical (unpaired) electrons. The summed E-state index contributed by atoms with van der Waals surface area (Å²) < 4.78 is 48.0. The van der Waals surface area contributed by atoms with E-state index in [1.165, 1.54) is 5.56 Å². The van der Waals surface area contributed by atoms with Crippen molar-refractivity contribution < 1.29 is 17.6 Å². The number of nitrogens with zero attached hydrogens (tertiary/aromatic N) is 1. The Labute approximate surface area is 140 Å². The molecule has 0 aliphatic carbocycles. The van der Waals surface area contributed by atoms with Gasteiger partial charge in [-0.1, -0.05) is 17.7 Å². The molecule has 23 heavy (non-hydrogen) atoms. The summed E-state index contributed by atoms with van der Waals surface area (Å²) in [5.41, 5.74) is 6.10. The van der Waals surface area contributed by atoms with Crippen LogP contribution in [0.25, 0.3) is 0 Å². The predicted octanol–water partition coefficient (Wildman–Crippen LogP) is 4.56. The molecule has 2 heterocycles. The zero-order valence-corrected chi connectivity index (χ0v) is 13.2. The van der Waals surface area contributed by atoms with Crippen molar-refractivity contribution in [1.82, 2.24) is 4.98 Å². The maximum Gasteiger partial charge on any atom is 0.417 e. The number of nitrogens with two attached hydrogens (primary N) is 1. The lowest BCUT2D eigenvalue weighted by molar-refractivity contribution is -0.138. The number of benzene rings is 1. The maximum atomic E-state index is 12.4. The van der Waals surface area contributed by atoms with Gasteiger partial charge in [-0.2, -0.15) is 25.8 Å². The largest absolute Gasteiger partial charge is 0.417 e. The fraction of sp³-hybridized carbons (Fsp3) is 0.214. The van der Waals surface area contributed by atoms with Crippen LogP contribution in [0.4, 0.5) is 29.1 Å². The van der Waals surface area contributed by atoms with Gasteiger partial charge in [0.1, 0.15) is 0 Å². The van der Waals surface area contributed by atoms with Crippen LogP contribution in [-0.2, 0) is 6.18 Å². The van der Waals surface area contributed by atoms with Gasteiger partial charge in [0.25, 0.3) is 0 Å². The number of alkyl halides is 3. The number of hydrogen-bond donors (Lipinski definition) is 3. The SMILES string of the molecule is Nc1ncc(C(F)(F)F)cc1F.SC1CNc2cc(Cl)ccc21. The first-order chi connectivity index (χ1) is 10.7. The summed E-state index contributed by atoms with van der Waals surface area (Å²) in [5.74, 6) is -1.70. The molecule has 0 saturated heterocycles. The molecule has 3 nitrogen and oxygen atoms in total. The van der Waals surface area contributed by atoms with Crippen LogP contribution in [0.2, 0.25) is 5.02 Å². The van der Waals surface area contributed by atoms with Crippen molar-refractivity contribution in [3.05, 3.63) is 52.4 Å². The second-order valence-electron chi connectivity index (χ2n) is 4.72. The highest BCUT2D eigenvalue weighted by molar-refractivity contribution is 7.80. The maximum absolute atomic E-state index is 12.4. The van der Waals surface area contributed by atoms with Gasteiger partial charge in [0.2, 0.25) is 0 Å². The third-order valence-electron chi connectivity index (χ3n) is 3.06. The lowest BCUT2D eigenvalue weighted by Gasteiger charge is -2.05. The Kier molecular flexibility index (Phi) is 5.26. The Morgan fingerprint density at radius 1 is 1.30 bits per heavy atom. The van der Waals surface area contributed by atoms with Gasteiger partial charge in [-0.25, -0.2) is 9.37 Å². The predicted molar refractivity (Wildman–Crippen MR) is 85.3 cm³/mol. The normalized spacial score (nSPS) is 16.2. The molecule has 1 aromatic carbocycles. The fourth-order valence-corrected chi connectivity index (χ4v) is 2.38. The van der Waals surface area contributed by atoms with E-state index >= 15 is 0 Å². The Morgan fingerprint density at radius 2 is 2.00 bits per heavy atom. The molecule has 3 N–H and O–H groups in total. The molecule has 0 bridgehead atoms. The first kappa shape index (κ1) is 17.7. The van der Waals surface area contributed by atoms with Crippen LogP contribution in [-0.4, -0.2) is 11.5 Å². The molecule has 9 heteroatoms. The average Bonchev–Trinajstić information content (AvgIpc) is 2.82. The molecule has 1 aromatic heterocycles. The van der Waals surface area contributed by atoms with Crippen LogP contribution >= 0.6 is 24.2 Å². The smallest absolute Gasteiger partial charge is 0.383 e. The van der Waals surface area contributed by atoms with E-state index in [1.807, 2.05) is 18.2 Å².